The minimum absolute atomic E-state index is 0.143. The van der Waals surface area contributed by atoms with Crippen LogP contribution in [0.25, 0.3) is 0 Å². The van der Waals surface area contributed by atoms with Crippen molar-refractivity contribution in [3.63, 3.8) is 0 Å². The number of thiocarbonyl (C=S) groups is 1. The summed E-state index contributed by atoms with van der Waals surface area (Å²) in [5.41, 5.74) is 7.45. The molecule has 0 spiro atoms. The van der Waals surface area contributed by atoms with Gasteiger partial charge in [0.25, 0.3) is 5.56 Å². The first kappa shape index (κ1) is 22.7. The zero-order chi connectivity index (χ0) is 21.6. The summed E-state index contributed by atoms with van der Waals surface area (Å²) in [6.45, 7) is 9.20. The zero-order valence-electron chi connectivity index (χ0n) is 17.6. The number of hydrogen-bond acceptors (Lipinski definition) is 4. The second kappa shape index (κ2) is 10.2. The monoisotopic (exact) mass is 417 g/mol. The summed E-state index contributed by atoms with van der Waals surface area (Å²) in [5.74, 6) is 0.551. The van der Waals surface area contributed by atoms with Crippen molar-refractivity contribution in [3.05, 3.63) is 50.7 Å². The topological polar surface area (TPSA) is 96.2 Å². The number of aromatic nitrogens is 2. The Morgan fingerprint density at radius 2 is 1.93 bits per heavy atom. The maximum absolute atomic E-state index is 12.7. The fourth-order valence-corrected chi connectivity index (χ4v) is 3.21. The molecule has 0 aliphatic rings. The number of nitrogens with zero attached hydrogens (tertiary/aromatic N) is 2. The second-order valence-electron chi connectivity index (χ2n) is 7.63. The summed E-state index contributed by atoms with van der Waals surface area (Å²) >= 11 is 5.63. The molecule has 29 heavy (non-hydrogen) atoms. The Kier molecular flexibility index (Phi) is 8.01. The van der Waals surface area contributed by atoms with Crippen LogP contribution in [0.2, 0.25) is 0 Å². The van der Waals surface area contributed by atoms with E-state index in [1.54, 1.807) is 4.90 Å². The smallest absolute Gasteiger partial charge is 0.330 e. The van der Waals surface area contributed by atoms with Gasteiger partial charge < -0.3 is 16.0 Å². The minimum atomic E-state index is -0.530. The Labute approximate surface area is 176 Å². The van der Waals surface area contributed by atoms with Crippen LogP contribution in [-0.4, -0.2) is 21.2 Å². The second-order valence-corrected chi connectivity index (χ2v) is 8.02. The molecule has 1 aromatic carbocycles. The van der Waals surface area contributed by atoms with Crippen molar-refractivity contribution < 1.29 is 0 Å². The number of nitrogens with two attached hydrogens (primary N) is 1. The van der Waals surface area contributed by atoms with Gasteiger partial charge in [0.05, 0.1) is 0 Å². The molecule has 0 aliphatic heterocycles. The molecule has 0 bridgehead atoms. The lowest BCUT2D eigenvalue weighted by atomic mass is 10.1. The van der Waals surface area contributed by atoms with Crippen molar-refractivity contribution in [2.45, 2.75) is 53.5 Å². The molecule has 0 radical (unpaired) electrons. The first-order valence-corrected chi connectivity index (χ1v) is 10.4. The molecule has 2 rings (SSSR count). The van der Waals surface area contributed by atoms with Crippen LogP contribution < -0.4 is 27.2 Å². The first-order chi connectivity index (χ1) is 13.7. The van der Waals surface area contributed by atoms with Gasteiger partial charge in [0.15, 0.2) is 10.8 Å². The molecule has 1 heterocycles. The highest BCUT2D eigenvalue weighted by Crippen LogP contribution is 2.20. The maximum atomic E-state index is 12.7. The van der Waals surface area contributed by atoms with Crippen molar-refractivity contribution in [2.75, 3.05) is 22.5 Å². The predicted octanol–water partition coefficient (Wildman–Crippen LogP) is 3.48. The van der Waals surface area contributed by atoms with Crippen LogP contribution in [0.5, 0.6) is 0 Å². The Morgan fingerprint density at radius 3 is 2.52 bits per heavy atom. The molecule has 2 aromatic rings. The van der Waals surface area contributed by atoms with Crippen LogP contribution in [0.4, 0.5) is 17.2 Å². The average Bonchev–Trinajstić information content (AvgIpc) is 2.65. The Hall–Kier alpha value is -2.61. The van der Waals surface area contributed by atoms with Crippen LogP contribution >= 0.6 is 12.2 Å². The molecule has 4 N–H and O–H groups in total. The van der Waals surface area contributed by atoms with Gasteiger partial charge in [-0.05, 0) is 50.0 Å². The van der Waals surface area contributed by atoms with Gasteiger partial charge in [-0.25, -0.2) is 4.79 Å². The van der Waals surface area contributed by atoms with Gasteiger partial charge in [0.2, 0.25) is 0 Å². The molecule has 0 saturated carbocycles. The van der Waals surface area contributed by atoms with E-state index in [1.165, 1.54) is 4.57 Å². The highest BCUT2D eigenvalue weighted by Gasteiger charge is 2.22. The minimum Gasteiger partial charge on any atom is -0.383 e. The number of aryl methyl sites for hydroxylation is 1. The highest BCUT2D eigenvalue weighted by molar-refractivity contribution is 7.80. The van der Waals surface area contributed by atoms with Crippen molar-refractivity contribution in [1.29, 1.82) is 0 Å². The van der Waals surface area contributed by atoms with Gasteiger partial charge in [-0.3, -0.25) is 14.3 Å². The highest BCUT2D eigenvalue weighted by atomic mass is 32.1. The van der Waals surface area contributed by atoms with Crippen LogP contribution in [-0.2, 0) is 6.54 Å². The fourth-order valence-electron chi connectivity index (χ4n) is 2.91. The summed E-state index contributed by atoms with van der Waals surface area (Å²) in [6.07, 6.45) is 2.50. The Bertz CT molecular complexity index is 947. The SMILES string of the molecule is CCCCn1c(N)c(N(CCC(C)C)C(=S)Nc2ccc(C)cc2)c(=O)[nH]c1=O. The molecule has 0 fully saturated rings. The molecular formula is C21H31N5O2S. The van der Waals surface area contributed by atoms with Crippen LogP contribution in [0.1, 0.15) is 45.6 Å². The van der Waals surface area contributed by atoms with E-state index in [-0.39, 0.29) is 11.5 Å². The van der Waals surface area contributed by atoms with E-state index in [2.05, 4.69) is 24.1 Å². The summed E-state index contributed by atoms with van der Waals surface area (Å²) in [4.78, 5) is 29.1. The van der Waals surface area contributed by atoms with E-state index in [9.17, 15) is 9.59 Å². The maximum Gasteiger partial charge on any atom is 0.330 e. The molecular weight excluding hydrogens is 386 g/mol. The van der Waals surface area contributed by atoms with Crippen LogP contribution in [0.15, 0.2) is 33.9 Å². The molecule has 0 unspecified atom stereocenters. The van der Waals surface area contributed by atoms with Gasteiger partial charge in [0.1, 0.15) is 5.82 Å². The molecule has 1 aromatic heterocycles. The number of aromatic amines is 1. The lowest BCUT2D eigenvalue weighted by Crippen LogP contribution is -2.43. The fraction of sp³-hybridized carbons (Fsp3) is 0.476. The number of nitrogens with one attached hydrogen (secondary N) is 2. The number of unbranched alkanes of at least 4 members (excludes halogenated alkanes) is 1. The largest absolute Gasteiger partial charge is 0.383 e. The van der Waals surface area contributed by atoms with Gasteiger partial charge >= 0.3 is 5.69 Å². The average molecular weight is 418 g/mol. The van der Waals surface area contributed by atoms with Crippen molar-refractivity contribution in [1.82, 2.24) is 9.55 Å². The van der Waals surface area contributed by atoms with E-state index in [1.807, 2.05) is 38.1 Å². The standard InChI is InChI=1S/C21H31N5O2S/c1-5-6-12-26-18(22)17(19(27)24-20(26)28)25(13-11-14(2)3)21(29)23-16-9-7-15(4)8-10-16/h7-10,14H,5-6,11-13,22H2,1-4H3,(H,23,29)(H,24,27,28). The molecule has 8 heteroatoms. The molecule has 0 amide bonds. The Morgan fingerprint density at radius 1 is 1.28 bits per heavy atom. The number of anilines is 3. The van der Waals surface area contributed by atoms with E-state index in [4.69, 9.17) is 18.0 Å². The van der Waals surface area contributed by atoms with Crippen molar-refractivity contribution in [2.24, 2.45) is 5.92 Å². The lowest BCUT2D eigenvalue weighted by Gasteiger charge is -2.28. The molecule has 158 valence electrons. The van der Waals surface area contributed by atoms with Gasteiger partial charge in [0, 0.05) is 18.8 Å². The van der Waals surface area contributed by atoms with Crippen molar-refractivity contribution >= 4 is 34.5 Å². The number of nitrogen functional groups attached to an aromatic ring is 1. The summed E-state index contributed by atoms with van der Waals surface area (Å²) in [7, 11) is 0. The third-order valence-corrected chi connectivity index (χ3v) is 5.02. The van der Waals surface area contributed by atoms with Gasteiger partial charge in [-0.15, -0.1) is 0 Å². The lowest BCUT2D eigenvalue weighted by molar-refractivity contribution is 0.588. The zero-order valence-corrected chi connectivity index (χ0v) is 18.4. The normalized spacial score (nSPS) is 10.9. The van der Waals surface area contributed by atoms with Crippen LogP contribution in [0, 0.1) is 12.8 Å². The third kappa shape index (κ3) is 5.93. The summed E-state index contributed by atoms with van der Waals surface area (Å²) in [5, 5.41) is 3.55. The van der Waals surface area contributed by atoms with E-state index in [0.29, 0.717) is 24.1 Å². The Balaban J connectivity index is 2.45. The number of benzene rings is 1. The quantitative estimate of drug-likeness (QED) is 0.569. The molecule has 7 nitrogen and oxygen atoms in total. The predicted molar refractivity (Wildman–Crippen MR) is 125 cm³/mol. The number of H-pyrrole nitrogens is 1. The molecule has 0 saturated heterocycles. The summed E-state index contributed by atoms with van der Waals surface area (Å²) in [6, 6.07) is 7.82. The van der Waals surface area contributed by atoms with Crippen molar-refractivity contribution in [3.8, 4) is 0 Å². The van der Waals surface area contributed by atoms with E-state index < -0.39 is 11.2 Å². The third-order valence-electron chi connectivity index (χ3n) is 4.70. The van der Waals surface area contributed by atoms with E-state index >= 15 is 0 Å². The van der Waals surface area contributed by atoms with Gasteiger partial charge in [-0.2, -0.15) is 0 Å². The van der Waals surface area contributed by atoms with Gasteiger partial charge in [-0.1, -0.05) is 44.9 Å². The van der Waals surface area contributed by atoms with E-state index in [0.717, 1.165) is 30.5 Å². The first-order valence-electron chi connectivity index (χ1n) is 10.0. The summed E-state index contributed by atoms with van der Waals surface area (Å²) < 4.78 is 1.41. The molecule has 0 aliphatic carbocycles. The van der Waals surface area contributed by atoms with Crippen LogP contribution in [0.3, 0.4) is 0 Å². The molecule has 0 atom stereocenters. The number of hydrogen-bond donors (Lipinski definition) is 3. The number of rotatable bonds is 8.